The number of nitrogens with zero attached hydrogens (tertiary/aromatic N) is 3. The van der Waals surface area contributed by atoms with Crippen molar-refractivity contribution in [3.63, 3.8) is 0 Å². The SMILES string of the molecule is COc1cccc(N2CC(c3nc4ccccc4n3Cc3ccc(Cl)c(Cl)c3)CC2=O)c1. The van der Waals surface area contributed by atoms with E-state index in [0.29, 0.717) is 29.6 Å². The molecule has 7 heteroatoms. The van der Waals surface area contributed by atoms with Crippen molar-refractivity contribution < 1.29 is 9.53 Å². The minimum Gasteiger partial charge on any atom is -0.497 e. The lowest BCUT2D eigenvalue weighted by molar-refractivity contribution is -0.117. The van der Waals surface area contributed by atoms with E-state index in [-0.39, 0.29) is 11.8 Å². The number of carbonyl (C=O) groups excluding carboxylic acids is 1. The smallest absolute Gasteiger partial charge is 0.227 e. The zero-order valence-corrected chi connectivity index (χ0v) is 19.0. The summed E-state index contributed by atoms with van der Waals surface area (Å²) in [4.78, 5) is 19.7. The van der Waals surface area contributed by atoms with Gasteiger partial charge in [0, 0.05) is 37.2 Å². The second kappa shape index (κ2) is 8.49. The molecule has 1 atom stereocenters. The molecule has 1 amide bonds. The minimum absolute atomic E-state index is 0.0242. The highest BCUT2D eigenvalue weighted by molar-refractivity contribution is 6.42. The number of para-hydroxylation sites is 2. The standard InChI is InChI=1S/C25H21Cl2N3O2/c1-32-19-6-4-5-18(13-19)29-15-17(12-24(29)31)25-28-22-7-2-3-8-23(22)30(25)14-16-9-10-20(26)21(27)11-16/h2-11,13,17H,12,14-15H2,1H3. The molecular weight excluding hydrogens is 445 g/mol. The van der Waals surface area contributed by atoms with Crippen LogP contribution in [-0.4, -0.2) is 29.1 Å². The third kappa shape index (κ3) is 3.83. The lowest BCUT2D eigenvalue weighted by Gasteiger charge is -2.18. The van der Waals surface area contributed by atoms with Crippen molar-refractivity contribution in [1.29, 1.82) is 0 Å². The van der Waals surface area contributed by atoms with Crippen LogP contribution in [0.4, 0.5) is 5.69 Å². The average molecular weight is 466 g/mol. The molecule has 1 aliphatic rings. The van der Waals surface area contributed by atoms with Crippen molar-refractivity contribution in [2.45, 2.75) is 18.9 Å². The quantitative estimate of drug-likeness (QED) is 0.367. The predicted octanol–water partition coefficient (Wildman–Crippen LogP) is 5.92. The summed E-state index contributed by atoms with van der Waals surface area (Å²) in [5.41, 5.74) is 3.80. The van der Waals surface area contributed by atoms with E-state index in [0.717, 1.165) is 33.9 Å². The van der Waals surface area contributed by atoms with Crippen LogP contribution < -0.4 is 9.64 Å². The number of carbonyl (C=O) groups is 1. The number of amides is 1. The number of hydrogen-bond acceptors (Lipinski definition) is 3. The fourth-order valence-electron chi connectivity index (χ4n) is 4.30. The van der Waals surface area contributed by atoms with Crippen LogP contribution in [0.1, 0.15) is 23.7 Å². The fraction of sp³-hybridized carbons (Fsp3) is 0.200. The van der Waals surface area contributed by atoms with E-state index in [4.69, 9.17) is 32.9 Å². The lowest BCUT2D eigenvalue weighted by Crippen LogP contribution is -2.24. The largest absolute Gasteiger partial charge is 0.497 e. The van der Waals surface area contributed by atoms with Crippen molar-refractivity contribution in [2.75, 3.05) is 18.6 Å². The molecule has 1 saturated heterocycles. The third-order valence-corrected chi connectivity index (χ3v) is 6.60. The number of aromatic nitrogens is 2. The van der Waals surface area contributed by atoms with Gasteiger partial charge in [0.2, 0.25) is 5.91 Å². The first-order valence-electron chi connectivity index (χ1n) is 10.4. The maximum Gasteiger partial charge on any atom is 0.227 e. The number of methoxy groups -OCH3 is 1. The Morgan fingerprint density at radius 1 is 1.03 bits per heavy atom. The van der Waals surface area contributed by atoms with Crippen molar-refractivity contribution in [2.24, 2.45) is 0 Å². The molecule has 4 aromatic rings. The van der Waals surface area contributed by atoms with Gasteiger partial charge < -0.3 is 14.2 Å². The average Bonchev–Trinajstić information content (AvgIpc) is 3.37. The number of rotatable bonds is 5. The number of halogens is 2. The molecule has 1 fully saturated rings. The lowest BCUT2D eigenvalue weighted by atomic mass is 10.1. The van der Waals surface area contributed by atoms with Gasteiger partial charge in [-0.1, -0.05) is 47.5 Å². The molecule has 0 saturated carbocycles. The third-order valence-electron chi connectivity index (χ3n) is 5.86. The Morgan fingerprint density at radius 3 is 2.69 bits per heavy atom. The first-order valence-corrected chi connectivity index (χ1v) is 11.1. The van der Waals surface area contributed by atoms with E-state index in [1.54, 1.807) is 7.11 Å². The van der Waals surface area contributed by atoms with Crippen molar-refractivity contribution in [1.82, 2.24) is 9.55 Å². The van der Waals surface area contributed by atoms with Crippen LogP contribution in [0.3, 0.4) is 0 Å². The van der Waals surface area contributed by atoms with Gasteiger partial charge in [-0.3, -0.25) is 4.79 Å². The van der Waals surface area contributed by atoms with E-state index in [9.17, 15) is 4.79 Å². The normalized spacial score (nSPS) is 16.2. The Balaban J connectivity index is 1.52. The Morgan fingerprint density at radius 2 is 1.88 bits per heavy atom. The van der Waals surface area contributed by atoms with E-state index in [1.807, 2.05) is 65.6 Å². The van der Waals surface area contributed by atoms with Gasteiger partial charge in [0.25, 0.3) is 0 Å². The molecular formula is C25H21Cl2N3O2. The molecule has 0 N–H and O–H groups in total. The summed E-state index contributed by atoms with van der Waals surface area (Å²) < 4.78 is 7.51. The summed E-state index contributed by atoms with van der Waals surface area (Å²) in [6.07, 6.45) is 0.405. The van der Waals surface area contributed by atoms with Crippen LogP contribution in [-0.2, 0) is 11.3 Å². The number of hydrogen-bond donors (Lipinski definition) is 0. The Bertz CT molecular complexity index is 1320. The molecule has 162 valence electrons. The van der Waals surface area contributed by atoms with Crippen LogP contribution in [0.2, 0.25) is 10.0 Å². The number of benzene rings is 3. The molecule has 5 nitrogen and oxygen atoms in total. The van der Waals surface area contributed by atoms with E-state index < -0.39 is 0 Å². The van der Waals surface area contributed by atoms with Gasteiger partial charge in [-0.15, -0.1) is 0 Å². The zero-order chi connectivity index (χ0) is 22.2. The van der Waals surface area contributed by atoms with E-state index in [1.165, 1.54) is 0 Å². The van der Waals surface area contributed by atoms with Crippen molar-refractivity contribution in [3.8, 4) is 5.75 Å². The number of imidazole rings is 1. The van der Waals surface area contributed by atoms with Crippen LogP contribution in [0.25, 0.3) is 11.0 Å². The highest BCUT2D eigenvalue weighted by Gasteiger charge is 2.35. The topological polar surface area (TPSA) is 47.4 Å². The molecule has 32 heavy (non-hydrogen) atoms. The molecule has 0 radical (unpaired) electrons. The maximum atomic E-state index is 12.9. The fourth-order valence-corrected chi connectivity index (χ4v) is 4.62. The minimum atomic E-state index is -0.0242. The van der Waals surface area contributed by atoms with Crippen LogP contribution in [0, 0.1) is 0 Å². The highest BCUT2D eigenvalue weighted by Crippen LogP contribution is 2.35. The van der Waals surface area contributed by atoms with Gasteiger partial charge in [0.1, 0.15) is 11.6 Å². The van der Waals surface area contributed by atoms with E-state index >= 15 is 0 Å². The number of ether oxygens (including phenoxy) is 1. The molecule has 1 aromatic heterocycles. The summed E-state index contributed by atoms with van der Waals surface area (Å²) >= 11 is 12.4. The molecule has 2 heterocycles. The van der Waals surface area contributed by atoms with Crippen LogP contribution >= 0.6 is 23.2 Å². The summed E-state index contributed by atoms with van der Waals surface area (Å²) in [7, 11) is 1.62. The van der Waals surface area contributed by atoms with Gasteiger partial charge in [0.05, 0.1) is 28.2 Å². The molecule has 5 rings (SSSR count). The van der Waals surface area contributed by atoms with Gasteiger partial charge in [0.15, 0.2) is 0 Å². The second-order valence-corrected chi connectivity index (χ2v) is 8.71. The zero-order valence-electron chi connectivity index (χ0n) is 17.5. The van der Waals surface area contributed by atoms with Gasteiger partial charge in [-0.25, -0.2) is 4.98 Å². The van der Waals surface area contributed by atoms with Gasteiger partial charge in [-0.2, -0.15) is 0 Å². The van der Waals surface area contributed by atoms with Crippen LogP contribution in [0.5, 0.6) is 5.75 Å². The molecule has 0 spiro atoms. The Hall–Kier alpha value is -3.02. The Kier molecular flexibility index (Phi) is 5.53. The number of fused-ring (bicyclic) bond motifs is 1. The molecule has 0 bridgehead atoms. The highest BCUT2D eigenvalue weighted by atomic mass is 35.5. The van der Waals surface area contributed by atoms with Gasteiger partial charge >= 0.3 is 0 Å². The van der Waals surface area contributed by atoms with E-state index in [2.05, 4.69) is 10.6 Å². The number of anilines is 1. The maximum absolute atomic E-state index is 12.9. The Labute approximate surface area is 196 Å². The van der Waals surface area contributed by atoms with Gasteiger partial charge in [-0.05, 0) is 42.0 Å². The van der Waals surface area contributed by atoms with Crippen LogP contribution in [0.15, 0.2) is 66.7 Å². The van der Waals surface area contributed by atoms with Crippen molar-refractivity contribution >= 4 is 45.8 Å². The predicted molar refractivity (Wildman–Crippen MR) is 128 cm³/mol. The first-order chi connectivity index (χ1) is 15.5. The van der Waals surface area contributed by atoms with Crippen molar-refractivity contribution in [3.05, 3.63) is 88.2 Å². The summed E-state index contributed by atoms with van der Waals surface area (Å²) in [6, 6.07) is 21.3. The molecule has 1 aliphatic heterocycles. The molecule has 1 unspecified atom stereocenters. The summed E-state index contributed by atoms with van der Waals surface area (Å²) in [5.74, 6) is 1.68. The summed E-state index contributed by atoms with van der Waals surface area (Å²) in [5, 5.41) is 1.05. The first kappa shape index (κ1) is 20.9. The molecule has 0 aliphatic carbocycles. The monoisotopic (exact) mass is 465 g/mol. The second-order valence-electron chi connectivity index (χ2n) is 7.90. The molecule has 3 aromatic carbocycles. The summed E-state index contributed by atoms with van der Waals surface area (Å²) in [6.45, 7) is 1.16.